The molecule has 1 aliphatic carbocycles. The minimum absolute atomic E-state index is 0.0257. The van der Waals surface area contributed by atoms with Gasteiger partial charge in [-0.25, -0.2) is 9.59 Å². The van der Waals surface area contributed by atoms with Crippen LogP contribution in [0.3, 0.4) is 0 Å². The Morgan fingerprint density at radius 1 is 1.09 bits per heavy atom. The van der Waals surface area contributed by atoms with Crippen molar-refractivity contribution < 1.29 is 29.0 Å². The summed E-state index contributed by atoms with van der Waals surface area (Å²) in [6.07, 6.45) is -0.683. The van der Waals surface area contributed by atoms with Crippen LogP contribution in [0.1, 0.15) is 23.5 Å². The zero-order chi connectivity index (χ0) is 24.4. The number of nitrogens with zero attached hydrogens (tertiary/aromatic N) is 1. The molecule has 0 radical (unpaired) electrons. The van der Waals surface area contributed by atoms with Crippen LogP contribution in [-0.4, -0.2) is 77.9 Å². The van der Waals surface area contributed by atoms with Crippen LogP contribution < -0.4 is 5.32 Å². The van der Waals surface area contributed by atoms with Crippen LogP contribution in [0.25, 0.3) is 11.1 Å². The zero-order valence-corrected chi connectivity index (χ0v) is 20.0. The van der Waals surface area contributed by atoms with Crippen LogP contribution in [0.5, 0.6) is 0 Å². The van der Waals surface area contributed by atoms with Gasteiger partial charge in [-0.3, -0.25) is 4.79 Å². The number of carbonyl (C=O) groups is 3. The van der Waals surface area contributed by atoms with Crippen LogP contribution >= 0.6 is 11.8 Å². The predicted octanol–water partition coefficient (Wildman–Crippen LogP) is 2.96. The Kier molecular flexibility index (Phi) is 6.97. The summed E-state index contributed by atoms with van der Waals surface area (Å²) in [5, 5.41) is 12.3. The maximum atomic E-state index is 13.1. The lowest BCUT2D eigenvalue weighted by molar-refractivity contribution is -0.154. The lowest BCUT2D eigenvalue weighted by Crippen LogP contribution is -2.55. The number of hydrogen-bond donors (Lipinski definition) is 2. The van der Waals surface area contributed by atoms with Crippen molar-refractivity contribution in [1.82, 2.24) is 10.2 Å². The van der Waals surface area contributed by atoms with Crippen molar-refractivity contribution in [3.05, 3.63) is 59.7 Å². The number of carboxylic acid groups (broad SMARTS) is 1. The molecule has 35 heavy (non-hydrogen) atoms. The highest BCUT2D eigenvalue weighted by Crippen LogP contribution is 2.44. The highest BCUT2D eigenvalue weighted by Gasteiger charge is 2.41. The van der Waals surface area contributed by atoms with E-state index in [9.17, 15) is 19.5 Å². The first-order chi connectivity index (χ1) is 17.0. The summed E-state index contributed by atoms with van der Waals surface area (Å²) in [5.74, 6) is -0.498. The number of thioether (sulfide) groups is 1. The van der Waals surface area contributed by atoms with Gasteiger partial charge in [0, 0.05) is 43.0 Å². The van der Waals surface area contributed by atoms with Crippen molar-refractivity contribution in [3.63, 3.8) is 0 Å². The molecule has 2 heterocycles. The van der Waals surface area contributed by atoms with E-state index in [-0.39, 0.29) is 30.9 Å². The summed E-state index contributed by atoms with van der Waals surface area (Å²) in [5.41, 5.74) is 4.61. The van der Waals surface area contributed by atoms with Gasteiger partial charge in [-0.1, -0.05) is 48.5 Å². The first-order valence-electron chi connectivity index (χ1n) is 11.9. The number of hydrogen-bond acceptors (Lipinski definition) is 6. The zero-order valence-electron chi connectivity index (χ0n) is 19.2. The van der Waals surface area contributed by atoms with Crippen LogP contribution in [0.15, 0.2) is 48.5 Å². The molecular weight excluding hydrogens is 468 g/mol. The normalized spacial score (nSPS) is 23.4. The molecule has 2 N–H and O–H groups in total. The van der Waals surface area contributed by atoms with E-state index in [1.54, 1.807) is 0 Å². The number of ether oxygens (including phenoxy) is 2. The number of fused-ring (bicyclic) bond motifs is 3. The van der Waals surface area contributed by atoms with Crippen molar-refractivity contribution in [2.75, 3.05) is 37.8 Å². The SMILES string of the molecule is O=C(NC[C@@H]1CCO[C@@H]1C(=O)N1CCSCC1C(=O)O)OCC1c2ccccc2-c2ccccc21. The van der Waals surface area contributed by atoms with Gasteiger partial charge < -0.3 is 24.8 Å². The fourth-order valence-electron chi connectivity index (χ4n) is 5.22. The number of rotatable bonds is 6. The third-order valence-corrected chi connectivity index (χ3v) is 8.03. The van der Waals surface area contributed by atoms with Gasteiger partial charge in [-0.05, 0) is 28.7 Å². The van der Waals surface area contributed by atoms with Gasteiger partial charge in [-0.2, -0.15) is 11.8 Å². The minimum Gasteiger partial charge on any atom is -0.480 e. The summed E-state index contributed by atoms with van der Waals surface area (Å²) in [7, 11) is 0. The lowest BCUT2D eigenvalue weighted by Gasteiger charge is -2.35. The molecule has 3 aliphatic rings. The predicted molar refractivity (Wildman–Crippen MR) is 131 cm³/mol. The highest BCUT2D eigenvalue weighted by molar-refractivity contribution is 7.99. The molecule has 9 heteroatoms. The number of amides is 2. The Morgan fingerprint density at radius 3 is 2.46 bits per heavy atom. The summed E-state index contributed by atoms with van der Waals surface area (Å²) < 4.78 is 11.3. The van der Waals surface area contributed by atoms with Gasteiger partial charge >= 0.3 is 12.1 Å². The van der Waals surface area contributed by atoms with Crippen molar-refractivity contribution in [1.29, 1.82) is 0 Å². The standard InChI is InChI=1S/C26H28N2O6S/c29-24(28-10-12-35-15-22(28)25(30)31)23-16(9-11-33-23)13-27-26(32)34-14-21-19-7-3-1-5-17(19)18-6-2-4-8-20(18)21/h1-8,16,21-23H,9-15H2,(H,27,32)(H,30,31)/t16-,22?,23-/m0/s1. The highest BCUT2D eigenvalue weighted by atomic mass is 32.2. The van der Waals surface area contributed by atoms with E-state index in [2.05, 4.69) is 29.6 Å². The monoisotopic (exact) mass is 496 g/mol. The number of carbonyl (C=O) groups excluding carboxylic acids is 2. The van der Waals surface area contributed by atoms with Crippen LogP contribution in [-0.2, 0) is 19.1 Å². The number of aliphatic carboxylic acids is 1. The minimum atomic E-state index is -1.00. The molecule has 0 bridgehead atoms. The molecule has 2 aliphatic heterocycles. The summed E-state index contributed by atoms with van der Waals surface area (Å²) >= 11 is 1.53. The second kappa shape index (κ2) is 10.3. The summed E-state index contributed by atoms with van der Waals surface area (Å²) in [6.45, 7) is 1.23. The average Bonchev–Trinajstić information content (AvgIpc) is 3.48. The number of carboxylic acids is 1. The fraction of sp³-hybridized carbons (Fsp3) is 0.423. The Hall–Kier alpha value is -3.04. The molecule has 0 aromatic heterocycles. The van der Waals surface area contributed by atoms with Gasteiger partial charge in [0.1, 0.15) is 18.8 Å². The molecule has 2 aromatic carbocycles. The maximum Gasteiger partial charge on any atom is 0.407 e. The van der Waals surface area contributed by atoms with E-state index in [1.165, 1.54) is 16.7 Å². The van der Waals surface area contributed by atoms with Crippen LogP contribution in [0.4, 0.5) is 4.79 Å². The average molecular weight is 497 g/mol. The Bertz CT molecular complexity index is 1080. The topological polar surface area (TPSA) is 105 Å². The molecule has 3 atom stereocenters. The second-order valence-electron chi connectivity index (χ2n) is 9.01. The summed E-state index contributed by atoms with van der Waals surface area (Å²) in [4.78, 5) is 38.6. The maximum absolute atomic E-state index is 13.1. The first-order valence-corrected chi connectivity index (χ1v) is 13.0. The molecule has 2 fully saturated rings. The van der Waals surface area contributed by atoms with Gasteiger partial charge in [-0.15, -0.1) is 0 Å². The van der Waals surface area contributed by atoms with Crippen molar-refractivity contribution in [2.45, 2.75) is 24.5 Å². The molecule has 0 spiro atoms. The van der Waals surface area contributed by atoms with Gasteiger partial charge in [0.05, 0.1) is 0 Å². The molecule has 2 amide bonds. The molecule has 0 saturated carbocycles. The number of alkyl carbamates (subject to hydrolysis) is 1. The summed E-state index contributed by atoms with van der Waals surface area (Å²) in [6, 6.07) is 15.5. The molecule has 1 unspecified atom stereocenters. The quantitative estimate of drug-likeness (QED) is 0.634. The Balaban J connectivity index is 1.17. The van der Waals surface area contributed by atoms with Crippen LogP contribution in [0.2, 0.25) is 0 Å². The molecule has 2 aromatic rings. The fourth-order valence-corrected chi connectivity index (χ4v) is 6.25. The van der Waals surface area contributed by atoms with E-state index in [1.807, 2.05) is 24.3 Å². The van der Waals surface area contributed by atoms with Gasteiger partial charge in [0.15, 0.2) is 0 Å². The van der Waals surface area contributed by atoms with E-state index < -0.39 is 24.2 Å². The van der Waals surface area contributed by atoms with E-state index in [4.69, 9.17) is 9.47 Å². The second-order valence-corrected chi connectivity index (χ2v) is 10.2. The van der Waals surface area contributed by atoms with E-state index >= 15 is 0 Å². The van der Waals surface area contributed by atoms with E-state index in [0.717, 1.165) is 22.3 Å². The van der Waals surface area contributed by atoms with Crippen molar-refractivity contribution >= 4 is 29.7 Å². The molecule has 2 saturated heterocycles. The molecule has 8 nitrogen and oxygen atoms in total. The van der Waals surface area contributed by atoms with Crippen molar-refractivity contribution in [3.8, 4) is 11.1 Å². The molecule has 184 valence electrons. The van der Waals surface area contributed by atoms with Crippen molar-refractivity contribution in [2.24, 2.45) is 5.92 Å². The molecule has 5 rings (SSSR count). The Labute approximate surface area is 208 Å². The smallest absolute Gasteiger partial charge is 0.407 e. The molecular formula is C26H28N2O6S. The Morgan fingerprint density at radius 2 is 1.77 bits per heavy atom. The largest absolute Gasteiger partial charge is 0.480 e. The third-order valence-electron chi connectivity index (χ3n) is 7.01. The lowest BCUT2D eigenvalue weighted by atomic mass is 9.98. The third kappa shape index (κ3) is 4.75. The van der Waals surface area contributed by atoms with Gasteiger partial charge in [0.2, 0.25) is 0 Å². The number of benzene rings is 2. The van der Waals surface area contributed by atoms with E-state index in [0.29, 0.717) is 31.1 Å². The van der Waals surface area contributed by atoms with Crippen LogP contribution in [0, 0.1) is 5.92 Å². The number of nitrogens with one attached hydrogen (secondary N) is 1. The van der Waals surface area contributed by atoms with Gasteiger partial charge in [0.25, 0.3) is 5.91 Å². The first kappa shape index (κ1) is 23.7.